The van der Waals surface area contributed by atoms with Gasteiger partial charge >= 0.3 is 0 Å². The van der Waals surface area contributed by atoms with Crippen LogP contribution < -0.4 is 5.32 Å². The summed E-state index contributed by atoms with van der Waals surface area (Å²) in [6.07, 6.45) is 6.16. The Hall–Kier alpha value is -0.280. The Morgan fingerprint density at radius 2 is 2.11 bits per heavy atom. The number of rotatable bonds is 3. The monoisotopic (exact) mass is 273 g/mol. The average molecular weight is 274 g/mol. The lowest BCUT2D eigenvalue weighted by Crippen LogP contribution is -2.54. The highest BCUT2D eigenvalue weighted by Gasteiger charge is 2.37. The van der Waals surface area contributed by atoms with Crippen molar-refractivity contribution in [3.8, 4) is 0 Å². The van der Waals surface area contributed by atoms with E-state index in [1.165, 1.54) is 12.8 Å². The largest absolute Gasteiger partial charge is 0.381 e. The van der Waals surface area contributed by atoms with Crippen LogP contribution in [0.2, 0.25) is 0 Å². The fourth-order valence-corrected chi connectivity index (χ4v) is 3.56. The highest BCUT2D eigenvalue weighted by Crippen LogP contribution is 2.33. The summed E-state index contributed by atoms with van der Waals surface area (Å²) in [6, 6.07) is 0. The summed E-state index contributed by atoms with van der Waals surface area (Å²) >= 11 is 6.15. The van der Waals surface area contributed by atoms with Crippen molar-refractivity contribution in [3.63, 3.8) is 0 Å². The first-order chi connectivity index (χ1) is 8.65. The Bertz CT molecular complexity index is 292. The minimum absolute atomic E-state index is 0.121. The molecule has 1 N–H and O–H groups in total. The van der Waals surface area contributed by atoms with Crippen molar-refractivity contribution < 1.29 is 9.53 Å². The molecule has 18 heavy (non-hydrogen) atoms. The number of alkyl halides is 1. The van der Waals surface area contributed by atoms with Crippen molar-refractivity contribution in [1.82, 2.24) is 5.32 Å². The molecule has 0 aromatic heterocycles. The van der Waals surface area contributed by atoms with E-state index < -0.39 is 0 Å². The van der Waals surface area contributed by atoms with Gasteiger partial charge in [-0.2, -0.15) is 0 Å². The van der Waals surface area contributed by atoms with Gasteiger partial charge < -0.3 is 10.1 Å². The van der Waals surface area contributed by atoms with Crippen molar-refractivity contribution in [3.05, 3.63) is 0 Å². The van der Waals surface area contributed by atoms with Crippen molar-refractivity contribution in [2.45, 2.75) is 51.0 Å². The molecule has 0 spiro atoms. The summed E-state index contributed by atoms with van der Waals surface area (Å²) in [5.74, 6) is 1.50. The zero-order chi connectivity index (χ0) is 13.0. The van der Waals surface area contributed by atoms with E-state index in [0.29, 0.717) is 25.0 Å². The molecule has 2 atom stereocenters. The lowest BCUT2D eigenvalue weighted by Gasteiger charge is -2.40. The molecular formula is C14H24ClNO2. The topological polar surface area (TPSA) is 38.3 Å². The molecule has 2 unspecified atom stereocenters. The number of carbonyl (C=O) groups excluding carboxylic acids is 1. The maximum absolute atomic E-state index is 12.3. The van der Waals surface area contributed by atoms with Crippen LogP contribution in [0.4, 0.5) is 0 Å². The van der Waals surface area contributed by atoms with Gasteiger partial charge in [-0.25, -0.2) is 0 Å². The van der Waals surface area contributed by atoms with Gasteiger partial charge in [0.25, 0.3) is 0 Å². The minimum Gasteiger partial charge on any atom is -0.381 e. The fraction of sp³-hybridized carbons (Fsp3) is 0.929. The van der Waals surface area contributed by atoms with E-state index in [4.69, 9.17) is 16.3 Å². The first-order valence-electron chi connectivity index (χ1n) is 7.11. The molecule has 1 saturated carbocycles. The summed E-state index contributed by atoms with van der Waals surface area (Å²) in [5.41, 5.74) is -0.158. The number of amides is 1. The summed E-state index contributed by atoms with van der Waals surface area (Å²) in [7, 11) is 0. The fourth-order valence-electron chi connectivity index (χ4n) is 3.25. The van der Waals surface area contributed by atoms with Crippen LogP contribution in [0.15, 0.2) is 0 Å². The van der Waals surface area contributed by atoms with E-state index in [1.54, 1.807) is 0 Å². The Morgan fingerprint density at radius 1 is 1.39 bits per heavy atom. The van der Waals surface area contributed by atoms with Gasteiger partial charge in [0, 0.05) is 25.0 Å². The molecule has 0 aromatic rings. The van der Waals surface area contributed by atoms with Crippen molar-refractivity contribution in [2.75, 3.05) is 19.1 Å². The van der Waals surface area contributed by atoms with Gasteiger partial charge in [-0.15, -0.1) is 11.6 Å². The minimum atomic E-state index is -0.158. The van der Waals surface area contributed by atoms with E-state index in [2.05, 4.69) is 12.2 Å². The molecular weight excluding hydrogens is 250 g/mol. The van der Waals surface area contributed by atoms with Crippen LogP contribution in [0, 0.1) is 11.8 Å². The average Bonchev–Trinajstić information content (AvgIpc) is 2.39. The quantitative estimate of drug-likeness (QED) is 0.803. The van der Waals surface area contributed by atoms with E-state index in [9.17, 15) is 4.79 Å². The molecule has 0 radical (unpaired) electrons. The maximum atomic E-state index is 12.3. The molecule has 2 rings (SSSR count). The molecule has 2 aliphatic rings. The van der Waals surface area contributed by atoms with E-state index in [-0.39, 0.29) is 17.4 Å². The number of carbonyl (C=O) groups is 1. The summed E-state index contributed by atoms with van der Waals surface area (Å²) < 4.78 is 5.30. The Balaban J connectivity index is 1.94. The molecule has 1 heterocycles. The van der Waals surface area contributed by atoms with Crippen LogP contribution >= 0.6 is 11.6 Å². The molecule has 1 amide bonds. The number of nitrogens with one attached hydrogen (secondary N) is 1. The number of halogens is 1. The number of hydrogen-bond acceptors (Lipinski definition) is 2. The van der Waals surface area contributed by atoms with Gasteiger partial charge in [0.1, 0.15) is 0 Å². The van der Waals surface area contributed by atoms with E-state index in [1.807, 2.05) is 0 Å². The summed E-state index contributed by atoms with van der Waals surface area (Å²) in [4.78, 5) is 12.3. The highest BCUT2D eigenvalue weighted by atomic mass is 35.5. The lowest BCUT2D eigenvalue weighted by atomic mass is 9.77. The molecule has 1 saturated heterocycles. The zero-order valence-electron chi connectivity index (χ0n) is 11.2. The summed E-state index contributed by atoms with van der Waals surface area (Å²) in [5, 5.41) is 3.26. The van der Waals surface area contributed by atoms with Gasteiger partial charge in [-0.3, -0.25) is 4.79 Å². The Kier molecular flexibility index (Phi) is 4.91. The second-order valence-electron chi connectivity index (χ2n) is 5.99. The molecule has 1 aliphatic heterocycles. The lowest BCUT2D eigenvalue weighted by molar-refractivity contribution is -0.130. The van der Waals surface area contributed by atoms with Crippen LogP contribution in [0.1, 0.15) is 45.4 Å². The Labute approximate surface area is 115 Å². The molecule has 2 fully saturated rings. The van der Waals surface area contributed by atoms with Gasteiger partial charge in [-0.05, 0) is 31.6 Å². The predicted octanol–water partition coefficient (Wildman–Crippen LogP) is 2.72. The molecule has 4 heteroatoms. The number of hydrogen-bond donors (Lipinski definition) is 1. The van der Waals surface area contributed by atoms with Crippen LogP contribution in [0.5, 0.6) is 0 Å². The Morgan fingerprint density at radius 3 is 2.72 bits per heavy atom. The van der Waals surface area contributed by atoms with Crippen LogP contribution in [-0.2, 0) is 9.53 Å². The standard InChI is InChI=1S/C14H24ClNO2/c1-11-3-2-6-14(9-11,10-15)16-13(17)12-4-7-18-8-5-12/h11-12H,2-10H2,1H3,(H,16,17). The van der Waals surface area contributed by atoms with Gasteiger partial charge in [0.2, 0.25) is 5.91 Å². The molecule has 104 valence electrons. The highest BCUT2D eigenvalue weighted by molar-refractivity contribution is 6.18. The van der Waals surface area contributed by atoms with Gasteiger partial charge in [0.15, 0.2) is 0 Å². The number of ether oxygens (including phenoxy) is 1. The van der Waals surface area contributed by atoms with E-state index >= 15 is 0 Å². The second kappa shape index (κ2) is 6.25. The van der Waals surface area contributed by atoms with Crippen molar-refractivity contribution in [1.29, 1.82) is 0 Å². The van der Waals surface area contributed by atoms with Crippen LogP contribution in [-0.4, -0.2) is 30.5 Å². The molecule has 0 bridgehead atoms. The third-order valence-electron chi connectivity index (χ3n) is 4.33. The SMILES string of the molecule is CC1CCCC(CCl)(NC(=O)C2CCOCC2)C1. The molecule has 1 aliphatic carbocycles. The third kappa shape index (κ3) is 3.39. The van der Waals surface area contributed by atoms with Crippen LogP contribution in [0.3, 0.4) is 0 Å². The normalized spacial score (nSPS) is 34.2. The van der Waals surface area contributed by atoms with Gasteiger partial charge in [-0.1, -0.05) is 19.8 Å². The second-order valence-corrected chi connectivity index (χ2v) is 6.26. The maximum Gasteiger partial charge on any atom is 0.223 e. The predicted molar refractivity (Wildman–Crippen MR) is 72.8 cm³/mol. The van der Waals surface area contributed by atoms with Gasteiger partial charge in [0.05, 0.1) is 5.54 Å². The summed E-state index contributed by atoms with van der Waals surface area (Å²) in [6.45, 7) is 3.67. The third-order valence-corrected chi connectivity index (χ3v) is 4.84. The smallest absolute Gasteiger partial charge is 0.223 e. The van der Waals surface area contributed by atoms with E-state index in [0.717, 1.165) is 25.7 Å². The first kappa shape index (κ1) is 14.1. The molecule has 3 nitrogen and oxygen atoms in total. The molecule has 0 aromatic carbocycles. The zero-order valence-corrected chi connectivity index (χ0v) is 12.0. The van der Waals surface area contributed by atoms with Crippen molar-refractivity contribution >= 4 is 17.5 Å². The first-order valence-corrected chi connectivity index (χ1v) is 7.64. The van der Waals surface area contributed by atoms with Crippen molar-refractivity contribution in [2.24, 2.45) is 11.8 Å². The van der Waals surface area contributed by atoms with Crippen LogP contribution in [0.25, 0.3) is 0 Å².